The predicted molar refractivity (Wildman–Crippen MR) is 113 cm³/mol. The highest BCUT2D eigenvalue weighted by Crippen LogP contribution is 2.29. The van der Waals surface area contributed by atoms with Gasteiger partial charge in [-0.1, -0.05) is 48.5 Å². The van der Waals surface area contributed by atoms with Gasteiger partial charge >= 0.3 is 0 Å². The molecule has 3 heteroatoms. The van der Waals surface area contributed by atoms with Crippen LogP contribution in [0.4, 0.5) is 0 Å². The molecule has 0 saturated carbocycles. The van der Waals surface area contributed by atoms with Gasteiger partial charge in [-0.25, -0.2) is 4.99 Å². The van der Waals surface area contributed by atoms with Crippen LogP contribution in [0.15, 0.2) is 90.6 Å². The van der Waals surface area contributed by atoms with Crippen molar-refractivity contribution in [1.29, 1.82) is 0 Å². The molecule has 1 aliphatic heterocycles. The van der Waals surface area contributed by atoms with Gasteiger partial charge in [0.1, 0.15) is 0 Å². The quantitative estimate of drug-likeness (QED) is 0.433. The highest BCUT2D eigenvalue weighted by molar-refractivity contribution is 5.94. The van der Waals surface area contributed by atoms with Crippen LogP contribution < -0.4 is 15.6 Å². The Balaban J connectivity index is 1.67. The number of hydrogen-bond donors (Lipinski definition) is 3. The van der Waals surface area contributed by atoms with Crippen LogP contribution in [0.5, 0.6) is 0 Å². The third kappa shape index (κ3) is 2.33. The van der Waals surface area contributed by atoms with Crippen molar-refractivity contribution in [2.45, 2.75) is 0 Å². The fourth-order valence-electron chi connectivity index (χ4n) is 4.06. The van der Waals surface area contributed by atoms with E-state index in [2.05, 4.69) is 106 Å². The van der Waals surface area contributed by atoms with Crippen LogP contribution in [0, 0.1) is 0 Å². The summed E-state index contributed by atoms with van der Waals surface area (Å²) in [6, 6.07) is 29.6. The van der Waals surface area contributed by atoms with E-state index in [0.717, 1.165) is 39.0 Å². The smallest absolute Gasteiger partial charge is 0.216 e. The zero-order valence-corrected chi connectivity index (χ0v) is 15.2. The number of fused-ring (bicyclic) bond motifs is 3. The molecule has 5 aromatic rings. The highest BCUT2D eigenvalue weighted by atomic mass is 14.8. The van der Waals surface area contributed by atoms with Crippen molar-refractivity contribution in [2.24, 2.45) is 0 Å². The van der Waals surface area contributed by atoms with Gasteiger partial charge in [0.25, 0.3) is 0 Å². The minimum atomic E-state index is 1.10. The average Bonchev–Trinajstić information content (AvgIpc) is 3.44. The molecular formula is C25H18N3+. The zero-order valence-electron chi connectivity index (χ0n) is 15.2. The fourth-order valence-corrected chi connectivity index (χ4v) is 4.06. The Morgan fingerprint density at radius 3 is 1.82 bits per heavy atom. The zero-order chi connectivity index (χ0) is 18.5. The molecule has 132 valence electrons. The molecule has 28 heavy (non-hydrogen) atoms. The topological polar surface area (TPSA) is 45.5 Å². The molecule has 3 nitrogen and oxygen atoms in total. The van der Waals surface area contributed by atoms with Gasteiger partial charge in [-0.05, 0) is 30.3 Å². The molecule has 3 heterocycles. The van der Waals surface area contributed by atoms with Crippen LogP contribution in [-0.4, -0.2) is 9.97 Å². The number of allylic oxidation sites excluding steroid dienone is 1. The molecule has 0 aliphatic carbocycles. The number of H-pyrrole nitrogens is 2. The van der Waals surface area contributed by atoms with Gasteiger partial charge in [0.15, 0.2) is 0 Å². The highest BCUT2D eigenvalue weighted by Gasteiger charge is 2.21. The molecule has 3 N–H and O–H groups in total. The van der Waals surface area contributed by atoms with Crippen LogP contribution in [0.3, 0.4) is 0 Å². The van der Waals surface area contributed by atoms with Crippen molar-refractivity contribution in [3.8, 4) is 0 Å². The first-order chi connectivity index (χ1) is 13.8. The summed E-state index contributed by atoms with van der Waals surface area (Å²) in [5.74, 6) is 0. The van der Waals surface area contributed by atoms with E-state index in [1.54, 1.807) is 0 Å². The average molecular weight is 360 g/mol. The van der Waals surface area contributed by atoms with E-state index in [1.165, 1.54) is 16.0 Å². The Morgan fingerprint density at radius 1 is 0.643 bits per heavy atom. The van der Waals surface area contributed by atoms with Crippen LogP contribution >= 0.6 is 0 Å². The monoisotopic (exact) mass is 360 g/mol. The molecule has 1 aliphatic rings. The summed E-state index contributed by atoms with van der Waals surface area (Å²) in [6.45, 7) is 0. The maximum atomic E-state index is 3.60. The van der Waals surface area contributed by atoms with Crippen LogP contribution in [0.25, 0.3) is 33.5 Å². The Morgan fingerprint density at radius 2 is 1.21 bits per heavy atom. The van der Waals surface area contributed by atoms with Gasteiger partial charge in [0.2, 0.25) is 11.1 Å². The second-order valence-corrected chi connectivity index (χ2v) is 7.19. The van der Waals surface area contributed by atoms with Crippen molar-refractivity contribution in [3.63, 3.8) is 0 Å². The summed E-state index contributed by atoms with van der Waals surface area (Å²) in [6.07, 6.45) is 2.22. The lowest BCUT2D eigenvalue weighted by Gasteiger charge is -2.02. The van der Waals surface area contributed by atoms with Crippen molar-refractivity contribution in [3.05, 3.63) is 113 Å². The summed E-state index contributed by atoms with van der Waals surface area (Å²) in [4.78, 5) is 10.8. The Labute approximate surface area is 161 Å². The second-order valence-electron chi connectivity index (χ2n) is 7.19. The first-order valence-corrected chi connectivity index (χ1v) is 9.46. The van der Waals surface area contributed by atoms with Gasteiger partial charge in [0.05, 0.1) is 22.2 Å². The maximum Gasteiger partial charge on any atom is 0.216 e. The van der Waals surface area contributed by atoms with Crippen LogP contribution in [0.1, 0.15) is 11.4 Å². The largest absolute Gasteiger partial charge is 0.354 e. The third-order valence-electron chi connectivity index (χ3n) is 5.40. The van der Waals surface area contributed by atoms with Gasteiger partial charge < -0.3 is 9.97 Å². The number of para-hydroxylation sites is 3. The maximum absolute atomic E-state index is 3.60. The molecule has 0 fully saturated rings. The minimum Gasteiger partial charge on any atom is -0.354 e. The molecule has 0 unspecified atom stereocenters. The predicted octanol–water partition coefficient (Wildman–Crippen LogP) is 2.60. The van der Waals surface area contributed by atoms with Gasteiger partial charge in [-0.3, -0.25) is 0 Å². The number of aromatic amines is 2. The Bertz CT molecular complexity index is 1330. The van der Waals surface area contributed by atoms with Gasteiger partial charge in [0, 0.05) is 33.9 Å². The second kappa shape index (κ2) is 5.83. The van der Waals surface area contributed by atoms with E-state index in [1.807, 2.05) is 0 Å². The Hall–Kier alpha value is -3.85. The number of aromatic nitrogens is 2. The van der Waals surface area contributed by atoms with Crippen molar-refractivity contribution in [2.75, 3.05) is 0 Å². The lowest BCUT2D eigenvalue weighted by Crippen LogP contribution is -2.74. The van der Waals surface area contributed by atoms with E-state index in [-0.39, 0.29) is 0 Å². The van der Waals surface area contributed by atoms with E-state index in [9.17, 15) is 0 Å². The number of hydrogen-bond acceptors (Lipinski definition) is 0. The van der Waals surface area contributed by atoms with E-state index < -0.39 is 0 Å². The molecule has 3 aromatic carbocycles. The summed E-state index contributed by atoms with van der Waals surface area (Å²) >= 11 is 0. The molecule has 0 saturated heterocycles. The number of benzene rings is 3. The lowest BCUT2D eigenvalue weighted by atomic mass is 10.1. The van der Waals surface area contributed by atoms with Crippen molar-refractivity contribution in [1.82, 2.24) is 9.97 Å². The van der Waals surface area contributed by atoms with E-state index in [4.69, 9.17) is 0 Å². The first-order valence-electron chi connectivity index (χ1n) is 9.46. The molecule has 2 aromatic heterocycles. The Kier molecular flexibility index (Phi) is 3.17. The summed E-state index contributed by atoms with van der Waals surface area (Å²) in [7, 11) is 0. The molecular weight excluding hydrogens is 342 g/mol. The van der Waals surface area contributed by atoms with Gasteiger partial charge in [-0.2, -0.15) is 0 Å². The lowest BCUT2D eigenvalue weighted by molar-refractivity contribution is -0.430. The summed E-state index contributed by atoms with van der Waals surface area (Å²) in [5, 5.41) is 4.77. The van der Waals surface area contributed by atoms with Crippen molar-refractivity contribution < 1.29 is 4.99 Å². The van der Waals surface area contributed by atoms with Gasteiger partial charge in [-0.15, -0.1) is 0 Å². The molecule has 0 bridgehead atoms. The summed E-state index contributed by atoms with van der Waals surface area (Å²) < 4.78 is 0. The first kappa shape index (κ1) is 15.2. The standard InChI is InChI=1S/C25H17N3/c1-4-10-19-16(7-1)13-22(26-19)25(23-14-17-8-2-5-11-20(17)27-23)24-15-18-9-3-6-12-21(18)28-24/h1-15,26-27H/p+1. The molecule has 6 rings (SSSR count). The fraction of sp³-hybridized carbons (Fsp3) is 0. The van der Waals surface area contributed by atoms with E-state index >= 15 is 0 Å². The number of nitrogens with one attached hydrogen (secondary N) is 3. The minimum absolute atomic E-state index is 1.10. The van der Waals surface area contributed by atoms with E-state index in [0.29, 0.717) is 0 Å². The molecule has 0 atom stereocenters. The SMILES string of the molecule is C1=c2ccccc2=[NH+]C1=C(c1cc2ccccc2[nH]1)c1cc2ccccc2[nH]1. The third-order valence-corrected chi connectivity index (χ3v) is 5.40. The van der Waals surface area contributed by atoms with Crippen LogP contribution in [0.2, 0.25) is 0 Å². The normalized spacial score (nSPS) is 12.8. The molecule has 0 radical (unpaired) electrons. The molecule has 0 amide bonds. The van der Waals surface area contributed by atoms with Crippen molar-refractivity contribution >= 4 is 33.5 Å². The molecule has 0 spiro atoms. The summed E-state index contributed by atoms with van der Waals surface area (Å²) in [5.41, 5.74) is 6.71. The number of rotatable bonds is 2. The van der Waals surface area contributed by atoms with Crippen LogP contribution in [-0.2, 0) is 0 Å².